The second-order valence-electron chi connectivity index (χ2n) is 7.47. The average molecular weight is 371 g/mol. The summed E-state index contributed by atoms with van der Waals surface area (Å²) in [5.41, 5.74) is 1.87. The Labute approximate surface area is 158 Å². The fourth-order valence-corrected chi connectivity index (χ4v) is 3.39. The van der Waals surface area contributed by atoms with Gasteiger partial charge in [0.25, 0.3) is 5.91 Å². The molecule has 7 heteroatoms. The van der Waals surface area contributed by atoms with Crippen LogP contribution in [0, 0.1) is 5.92 Å². The van der Waals surface area contributed by atoms with Gasteiger partial charge < -0.3 is 15.1 Å². The van der Waals surface area contributed by atoms with E-state index in [1.807, 2.05) is 31.2 Å². The van der Waals surface area contributed by atoms with E-state index in [-0.39, 0.29) is 24.0 Å². The molecule has 0 spiro atoms. The van der Waals surface area contributed by atoms with Crippen LogP contribution in [-0.2, 0) is 4.79 Å². The molecule has 0 radical (unpaired) electrons. The number of aromatic hydroxyl groups is 1. The topological polar surface area (TPSA) is 95.7 Å². The number of rotatable bonds is 4. The highest BCUT2D eigenvalue weighted by atomic mass is 16.4. The van der Waals surface area contributed by atoms with Crippen molar-refractivity contribution in [2.75, 3.05) is 6.54 Å². The number of piperidine rings is 1. The summed E-state index contributed by atoms with van der Waals surface area (Å²) in [5, 5.41) is 23.8. The Morgan fingerprint density at radius 2 is 1.85 bits per heavy atom. The van der Waals surface area contributed by atoms with E-state index < -0.39 is 17.8 Å². The van der Waals surface area contributed by atoms with Crippen molar-refractivity contribution in [3.05, 3.63) is 41.7 Å². The normalized spacial score (nSPS) is 20.1. The minimum Gasteiger partial charge on any atom is -0.504 e. The van der Waals surface area contributed by atoms with Crippen LogP contribution in [0.3, 0.4) is 0 Å². The molecular weight excluding hydrogens is 346 g/mol. The Balaban J connectivity index is 1.85. The predicted octanol–water partition coefficient (Wildman–Crippen LogP) is 3.03. The molecule has 0 aliphatic carbocycles. The van der Waals surface area contributed by atoms with Gasteiger partial charge in [-0.25, -0.2) is 4.68 Å². The van der Waals surface area contributed by atoms with Gasteiger partial charge in [-0.1, -0.05) is 26.0 Å². The van der Waals surface area contributed by atoms with Gasteiger partial charge in [0.15, 0.2) is 11.4 Å². The number of carbonyl (C=O) groups excluding carboxylic acids is 1. The summed E-state index contributed by atoms with van der Waals surface area (Å²) in [7, 11) is 0. The zero-order valence-corrected chi connectivity index (χ0v) is 15.8. The second-order valence-corrected chi connectivity index (χ2v) is 7.47. The van der Waals surface area contributed by atoms with Crippen molar-refractivity contribution in [2.24, 2.45) is 5.92 Å². The fraction of sp³-hybridized carbons (Fsp3) is 0.450. The van der Waals surface area contributed by atoms with Crippen molar-refractivity contribution in [3.63, 3.8) is 0 Å². The molecule has 1 amide bonds. The molecule has 2 heterocycles. The van der Waals surface area contributed by atoms with E-state index in [1.54, 1.807) is 0 Å². The molecule has 1 aromatic carbocycles. The number of likely N-dealkylation sites (tertiary alicyclic amines) is 1. The van der Waals surface area contributed by atoms with Crippen molar-refractivity contribution in [2.45, 2.75) is 45.6 Å². The molecule has 2 aromatic rings. The minimum absolute atomic E-state index is 0.0548. The first-order valence-corrected chi connectivity index (χ1v) is 9.20. The Hall–Kier alpha value is -2.83. The molecule has 7 nitrogen and oxygen atoms in total. The lowest BCUT2D eigenvalue weighted by Crippen LogP contribution is -2.47. The van der Waals surface area contributed by atoms with E-state index in [2.05, 4.69) is 18.9 Å². The van der Waals surface area contributed by atoms with E-state index in [0.717, 1.165) is 5.69 Å². The SMILES string of the molecule is CC(C)c1ccc(-n2cc(O)c(C(=O)N3CC(C(=O)O)CCC3C)n2)cc1. The highest BCUT2D eigenvalue weighted by Crippen LogP contribution is 2.27. The lowest BCUT2D eigenvalue weighted by molar-refractivity contribution is -0.143. The molecule has 144 valence electrons. The third-order valence-electron chi connectivity index (χ3n) is 5.21. The standard InChI is InChI=1S/C20H25N3O4/c1-12(2)14-6-8-16(9-7-14)23-11-17(24)18(21-23)19(25)22-10-15(20(26)27)5-4-13(22)3/h6-9,11-13,15,24H,4-5,10H2,1-3H3,(H,26,27). The van der Waals surface area contributed by atoms with Gasteiger partial charge in [0.1, 0.15) is 0 Å². The number of amides is 1. The maximum Gasteiger partial charge on any atom is 0.308 e. The van der Waals surface area contributed by atoms with E-state index in [1.165, 1.54) is 21.3 Å². The van der Waals surface area contributed by atoms with Crippen LogP contribution in [0.5, 0.6) is 5.75 Å². The largest absolute Gasteiger partial charge is 0.504 e. The minimum atomic E-state index is -0.903. The van der Waals surface area contributed by atoms with E-state index in [0.29, 0.717) is 18.8 Å². The summed E-state index contributed by atoms with van der Waals surface area (Å²) in [6.07, 6.45) is 2.56. The first-order valence-electron chi connectivity index (χ1n) is 9.20. The molecule has 0 bridgehead atoms. The highest BCUT2D eigenvalue weighted by Gasteiger charge is 2.35. The highest BCUT2D eigenvalue weighted by molar-refractivity contribution is 5.95. The number of carboxylic acid groups (broad SMARTS) is 1. The molecule has 0 saturated carbocycles. The first kappa shape index (κ1) is 18.9. The summed E-state index contributed by atoms with van der Waals surface area (Å²) in [5.74, 6) is -1.73. The monoisotopic (exact) mass is 371 g/mol. The average Bonchev–Trinajstić information content (AvgIpc) is 3.03. The van der Waals surface area contributed by atoms with Crippen LogP contribution >= 0.6 is 0 Å². The van der Waals surface area contributed by atoms with Gasteiger partial charge in [-0.15, -0.1) is 0 Å². The summed E-state index contributed by atoms with van der Waals surface area (Å²) >= 11 is 0. The van der Waals surface area contributed by atoms with Crippen LogP contribution in [0.1, 0.15) is 55.6 Å². The number of benzene rings is 1. The number of nitrogens with zero attached hydrogens (tertiary/aromatic N) is 3. The van der Waals surface area contributed by atoms with Gasteiger partial charge in [0.05, 0.1) is 17.8 Å². The number of hydrogen-bond donors (Lipinski definition) is 2. The van der Waals surface area contributed by atoms with Gasteiger partial charge >= 0.3 is 5.97 Å². The number of aromatic nitrogens is 2. The molecule has 1 fully saturated rings. The van der Waals surface area contributed by atoms with Crippen LogP contribution in [0.25, 0.3) is 5.69 Å². The fourth-order valence-electron chi connectivity index (χ4n) is 3.39. The Morgan fingerprint density at radius 1 is 1.19 bits per heavy atom. The van der Waals surface area contributed by atoms with Crippen LogP contribution in [0.4, 0.5) is 0 Å². The molecule has 1 aromatic heterocycles. The van der Waals surface area contributed by atoms with Gasteiger partial charge in [0.2, 0.25) is 0 Å². The summed E-state index contributed by atoms with van der Waals surface area (Å²) in [4.78, 5) is 25.7. The maximum absolute atomic E-state index is 12.9. The lowest BCUT2D eigenvalue weighted by atomic mass is 9.93. The zero-order chi connectivity index (χ0) is 19.7. The van der Waals surface area contributed by atoms with Crippen molar-refractivity contribution >= 4 is 11.9 Å². The maximum atomic E-state index is 12.9. The van der Waals surface area contributed by atoms with Gasteiger partial charge in [0, 0.05) is 12.6 Å². The van der Waals surface area contributed by atoms with Crippen molar-refractivity contribution < 1.29 is 19.8 Å². The molecule has 3 rings (SSSR count). The summed E-state index contributed by atoms with van der Waals surface area (Å²) in [6.45, 7) is 6.23. The van der Waals surface area contributed by atoms with Crippen molar-refractivity contribution in [1.29, 1.82) is 0 Å². The van der Waals surface area contributed by atoms with E-state index in [4.69, 9.17) is 0 Å². The molecule has 1 saturated heterocycles. The summed E-state index contributed by atoms with van der Waals surface area (Å²) in [6, 6.07) is 7.66. The molecular formula is C20H25N3O4. The number of carboxylic acids is 1. The molecule has 27 heavy (non-hydrogen) atoms. The number of hydrogen-bond acceptors (Lipinski definition) is 4. The molecule has 1 aliphatic heterocycles. The molecule has 2 N–H and O–H groups in total. The van der Waals surface area contributed by atoms with E-state index >= 15 is 0 Å². The number of carbonyl (C=O) groups is 2. The third-order valence-corrected chi connectivity index (χ3v) is 5.21. The molecule has 2 atom stereocenters. The summed E-state index contributed by atoms with van der Waals surface area (Å²) < 4.78 is 1.47. The Morgan fingerprint density at radius 3 is 2.44 bits per heavy atom. The van der Waals surface area contributed by atoms with E-state index in [9.17, 15) is 19.8 Å². The van der Waals surface area contributed by atoms with Gasteiger partial charge in [-0.05, 0) is 43.4 Å². The quantitative estimate of drug-likeness (QED) is 0.861. The first-order chi connectivity index (χ1) is 12.8. The van der Waals surface area contributed by atoms with Crippen LogP contribution in [0.15, 0.2) is 30.5 Å². The predicted molar refractivity (Wildman–Crippen MR) is 100 cm³/mol. The number of aliphatic carboxylic acids is 1. The molecule has 2 unspecified atom stereocenters. The smallest absolute Gasteiger partial charge is 0.308 e. The van der Waals surface area contributed by atoms with Gasteiger partial charge in [-0.3, -0.25) is 9.59 Å². The Kier molecular flexibility index (Phi) is 5.21. The lowest BCUT2D eigenvalue weighted by Gasteiger charge is -2.36. The molecule has 1 aliphatic rings. The van der Waals surface area contributed by atoms with Gasteiger partial charge in [-0.2, -0.15) is 5.10 Å². The zero-order valence-electron chi connectivity index (χ0n) is 15.8. The second kappa shape index (κ2) is 7.42. The van der Waals surface area contributed by atoms with Crippen LogP contribution in [-0.4, -0.2) is 49.4 Å². The van der Waals surface area contributed by atoms with Crippen molar-refractivity contribution in [1.82, 2.24) is 14.7 Å². The van der Waals surface area contributed by atoms with Crippen molar-refractivity contribution in [3.8, 4) is 11.4 Å². The Bertz CT molecular complexity index is 841. The third kappa shape index (κ3) is 3.82. The van der Waals surface area contributed by atoms with Crippen LogP contribution in [0.2, 0.25) is 0 Å². The van der Waals surface area contributed by atoms with Crippen LogP contribution < -0.4 is 0 Å².